The number of rotatable bonds is 5. The highest BCUT2D eigenvalue weighted by Crippen LogP contribution is 2.34. The molecule has 1 aromatic carbocycles. The zero-order valence-electron chi connectivity index (χ0n) is 18.7. The fourth-order valence-electron chi connectivity index (χ4n) is 4.27. The average molecular weight is 433 g/mol. The van der Waals surface area contributed by atoms with Gasteiger partial charge in [-0.3, -0.25) is 9.78 Å². The smallest absolute Gasteiger partial charge is 0.261 e. The number of amides is 1. The third-order valence-corrected chi connectivity index (χ3v) is 5.86. The van der Waals surface area contributed by atoms with E-state index >= 15 is 0 Å². The summed E-state index contributed by atoms with van der Waals surface area (Å²) < 4.78 is 10.9. The van der Waals surface area contributed by atoms with Gasteiger partial charge in [0.2, 0.25) is 0 Å². The number of ether oxygens (including phenoxy) is 2. The number of carbonyl (C=O) groups is 1. The van der Waals surface area contributed by atoms with Crippen molar-refractivity contribution in [3.8, 4) is 22.6 Å². The van der Waals surface area contributed by atoms with Crippen LogP contribution in [0.3, 0.4) is 0 Å². The second kappa shape index (κ2) is 9.26. The van der Waals surface area contributed by atoms with Crippen LogP contribution >= 0.6 is 0 Å². The number of carbonyl (C=O) groups excluding carboxylic acids is 1. The Morgan fingerprint density at radius 3 is 2.50 bits per heavy atom. The Labute approximate surface area is 188 Å². The molecule has 166 valence electrons. The van der Waals surface area contributed by atoms with Gasteiger partial charge in [0.15, 0.2) is 0 Å². The van der Waals surface area contributed by atoms with E-state index in [0.717, 1.165) is 35.4 Å². The highest BCUT2D eigenvalue weighted by atomic mass is 16.5. The Bertz CT molecular complexity index is 1090. The van der Waals surface area contributed by atoms with Crippen LogP contribution in [0.4, 0.5) is 5.82 Å². The largest absolute Gasteiger partial charge is 0.496 e. The summed E-state index contributed by atoms with van der Waals surface area (Å²) in [5.74, 6) is 1.59. The van der Waals surface area contributed by atoms with Crippen LogP contribution < -0.4 is 15.2 Å². The lowest BCUT2D eigenvalue weighted by Gasteiger charge is -2.33. The molecule has 2 N–H and O–H groups in total. The van der Waals surface area contributed by atoms with Gasteiger partial charge >= 0.3 is 0 Å². The lowest BCUT2D eigenvalue weighted by Crippen LogP contribution is -2.39. The molecule has 32 heavy (non-hydrogen) atoms. The van der Waals surface area contributed by atoms with Gasteiger partial charge in [0.25, 0.3) is 5.91 Å². The van der Waals surface area contributed by atoms with Crippen LogP contribution in [0.15, 0.2) is 48.7 Å². The maximum absolute atomic E-state index is 13.4. The fraction of sp³-hybridized carbons (Fsp3) is 0.320. The normalized spacial score (nSPS) is 16.0. The highest BCUT2D eigenvalue weighted by molar-refractivity contribution is 5.99. The van der Waals surface area contributed by atoms with Gasteiger partial charge in [0.05, 0.1) is 14.2 Å². The SMILES string of the molecule is COc1cccc(OC)c1C(=O)N1CCCC(c2cc(-c3ccc(N)nc3)cc(C)n2)C1. The summed E-state index contributed by atoms with van der Waals surface area (Å²) >= 11 is 0. The van der Waals surface area contributed by atoms with E-state index in [1.54, 1.807) is 38.6 Å². The molecule has 1 aliphatic rings. The number of anilines is 1. The molecule has 4 rings (SSSR count). The minimum atomic E-state index is -0.0837. The first-order valence-corrected chi connectivity index (χ1v) is 10.7. The van der Waals surface area contributed by atoms with Crippen molar-refractivity contribution in [2.24, 2.45) is 0 Å². The van der Waals surface area contributed by atoms with E-state index in [9.17, 15) is 4.79 Å². The number of methoxy groups -OCH3 is 2. The molecular weight excluding hydrogens is 404 g/mol. The number of aromatic nitrogens is 2. The summed E-state index contributed by atoms with van der Waals surface area (Å²) in [4.78, 5) is 24.3. The van der Waals surface area contributed by atoms with Crippen molar-refractivity contribution < 1.29 is 14.3 Å². The summed E-state index contributed by atoms with van der Waals surface area (Å²) in [7, 11) is 3.13. The molecule has 7 heteroatoms. The number of piperidine rings is 1. The summed E-state index contributed by atoms with van der Waals surface area (Å²) in [6, 6.07) is 13.3. The maximum Gasteiger partial charge on any atom is 0.261 e. The molecule has 1 amide bonds. The Morgan fingerprint density at radius 2 is 1.84 bits per heavy atom. The molecule has 1 fully saturated rings. The number of likely N-dealkylation sites (tertiary alicyclic amines) is 1. The minimum Gasteiger partial charge on any atom is -0.496 e. The van der Waals surface area contributed by atoms with Crippen LogP contribution in [0.25, 0.3) is 11.1 Å². The van der Waals surface area contributed by atoms with Gasteiger partial charge in [-0.15, -0.1) is 0 Å². The summed E-state index contributed by atoms with van der Waals surface area (Å²) in [6.07, 6.45) is 3.66. The predicted molar refractivity (Wildman–Crippen MR) is 124 cm³/mol. The standard InChI is InChI=1S/C25H28N4O3/c1-16-12-19(17-9-10-23(26)27-14-17)13-20(28-16)18-6-5-11-29(15-18)25(30)24-21(31-2)7-4-8-22(24)32-3/h4,7-10,12-14,18H,5-6,11,15H2,1-3H3,(H2,26,27). The van der Waals surface area contributed by atoms with E-state index < -0.39 is 0 Å². The van der Waals surface area contributed by atoms with Gasteiger partial charge in [0, 0.05) is 42.2 Å². The third-order valence-electron chi connectivity index (χ3n) is 5.86. The van der Waals surface area contributed by atoms with Gasteiger partial charge in [-0.2, -0.15) is 0 Å². The number of aryl methyl sites for hydroxylation is 1. The van der Waals surface area contributed by atoms with Crippen molar-refractivity contribution >= 4 is 11.7 Å². The predicted octanol–water partition coefficient (Wildman–Crippen LogP) is 4.07. The van der Waals surface area contributed by atoms with E-state index in [1.165, 1.54) is 0 Å². The summed E-state index contributed by atoms with van der Waals surface area (Å²) in [6.45, 7) is 3.27. The Hall–Kier alpha value is -3.61. The molecule has 0 aliphatic carbocycles. The third kappa shape index (κ3) is 4.37. The second-order valence-electron chi connectivity index (χ2n) is 8.02. The van der Waals surface area contributed by atoms with E-state index in [4.69, 9.17) is 20.2 Å². The molecule has 1 aliphatic heterocycles. The lowest BCUT2D eigenvalue weighted by molar-refractivity contribution is 0.0699. The van der Waals surface area contributed by atoms with Crippen molar-refractivity contribution in [1.82, 2.24) is 14.9 Å². The van der Waals surface area contributed by atoms with E-state index in [2.05, 4.69) is 11.1 Å². The van der Waals surface area contributed by atoms with Gasteiger partial charge in [-0.05, 0) is 61.7 Å². The van der Waals surface area contributed by atoms with Crippen molar-refractivity contribution in [2.45, 2.75) is 25.7 Å². The van der Waals surface area contributed by atoms with Crippen molar-refractivity contribution in [3.05, 3.63) is 65.6 Å². The molecule has 3 aromatic rings. The van der Waals surface area contributed by atoms with Crippen molar-refractivity contribution in [1.29, 1.82) is 0 Å². The molecule has 2 aromatic heterocycles. The monoisotopic (exact) mass is 432 g/mol. The van der Waals surface area contributed by atoms with Crippen LogP contribution in [0, 0.1) is 6.92 Å². The Kier molecular flexibility index (Phi) is 6.25. The minimum absolute atomic E-state index is 0.0837. The summed E-state index contributed by atoms with van der Waals surface area (Å²) in [5.41, 5.74) is 10.2. The van der Waals surface area contributed by atoms with Crippen LogP contribution in [0.5, 0.6) is 11.5 Å². The summed E-state index contributed by atoms with van der Waals surface area (Å²) in [5, 5.41) is 0. The lowest BCUT2D eigenvalue weighted by atomic mass is 9.92. The number of hydrogen-bond acceptors (Lipinski definition) is 6. The molecule has 1 unspecified atom stereocenters. The number of hydrogen-bond donors (Lipinski definition) is 1. The van der Waals surface area contributed by atoms with Crippen LogP contribution in [-0.4, -0.2) is 48.1 Å². The first-order chi connectivity index (χ1) is 15.5. The number of nitrogens with two attached hydrogens (primary N) is 1. The molecule has 7 nitrogen and oxygen atoms in total. The van der Waals surface area contributed by atoms with Gasteiger partial charge in [-0.25, -0.2) is 4.98 Å². The Balaban J connectivity index is 1.61. The van der Waals surface area contributed by atoms with E-state index in [0.29, 0.717) is 36.0 Å². The molecule has 0 radical (unpaired) electrons. The molecule has 0 bridgehead atoms. The van der Waals surface area contributed by atoms with Crippen LogP contribution in [0.1, 0.15) is 40.5 Å². The van der Waals surface area contributed by atoms with E-state index in [-0.39, 0.29) is 11.8 Å². The molecule has 1 saturated heterocycles. The van der Waals surface area contributed by atoms with E-state index in [1.807, 2.05) is 30.0 Å². The first kappa shape index (κ1) is 21.6. The zero-order valence-corrected chi connectivity index (χ0v) is 18.7. The second-order valence-corrected chi connectivity index (χ2v) is 8.02. The first-order valence-electron chi connectivity index (χ1n) is 10.7. The van der Waals surface area contributed by atoms with Crippen molar-refractivity contribution in [3.63, 3.8) is 0 Å². The zero-order chi connectivity index (χ0) is 22.7. The quantitative estimate of drug-likeness (QED) is 0.654. The van der Waals surface area contributed by atoms with Crippen LogP contribution in [-0.2, 0) is 0 Å². The van der Waals surface area contributed by atoms with Gasteiger partial charge in [0.1, 0.15) is 22.9 Å². The molecule has 0 spiro atoms. The van der Waals surface area contributed by atoms with Gasteiger partial charge in [-0.1, -0.05) is 6.07 Å². The average Bonchev–Trinajstić information content (AvgIpc) is 2.83. The van der Waals surface area contributed by atoms with Gasteiger partial charge < -0.3 is 20.1 Å². The molecule has 0 saturated carbocycles. The number of nitrogens with zero attached hydrogens (tertiary/aromatic N) is 3. The number of nitrogen functional groups attached to an aromatic ring is 1. The Morgan fingerprint density at radius 1 is 1.09 bits per heavy atom. The highest BCUT2D eigenvalue weighted by Gasteiger charge is 2.30. The van der Waals surface area contributed by atoms with Crippen LogP contribution in [0.2, 0.25) is 0 Å². The number of pyridine rings is 2. The molecule has 3 heterocycles. The van der Waals surface area contributed by atoms with Crippen molar-refractivity contribution in [2.75, 3.05) is 33.0 Å². The maximum atomic E-state index is 13.4. The topological polar surface area (TPSA) is 90.6 Å². The molecule has 1 atom stereocenters. The molecular formula is C25H28N4O3. The fourth-order valence-corrected chi connectivity index (χ4v) is 4.27. The number of benzene rings is 1.